The average molecular weight is 641 g/mol. The maximum atomic E-state index is 11.7. The van der Waals surface area contributed by atoms with Gasteiger partial charge in [0.2, 0.25) is 0 Å². The van der Waals surface area contributed by atoms with E-state index in [2.05, 4.69) is 20.8 Å². The van der Waals surface area contributed by atoms with Crippen LogP contribution in [0.15, 0.2) is 22.8 Å². The summed E-state index contributed by atoms with van der Waals surface area (Å²) in [4.78, 5) is 11.7. The lowest BCUT2D eigenvalue weighted by molar-refractivity contribution is -0.375. The Kier molecular flexibility index (Phi) is 9.29. The normalized spacial score (nSPS) is 48.4. The number of hydrogen-bond acceptors (Lipinski definition) is 13. The second-order valence-electron chi connectivity index (χ2n) is 14.4. The third-order valence-electron chi connectivity index (χ3n) is 11.4. The first kappa shape index (κ1) is 33.4. The molecule has 0 aromatic rings. The van der Waals surface area contributed by atoms with Gasteiger partial charge in [-0.25, -0.2) is 4.79 Å². The van der Waals surface area contributed by atoms with Crippen molar-refractivity contribution in [2.75, 3.05) is 19.8 Å². The van der Waals surface area contributed by atoms with E-state index in [1.807, 2.05) is 0 Å². The maximum Gasteiger partial charge on any atom is 0.331 e. The molecule has 6 rings (SSSR count). The number of cyclic esters (lactones) is 1. The number of carbonyl (C=O) groups is 1. The van der Waals surface area contributed by atoms with Crippen molar-refractivity contribution < 1.29 is 63.9 Å². The molecule has 3 fully saturated rings. The summed E-state index contributed by atoms with van der Waals surface area (Å²) in [6.45, 7) is 8.37. The minimum absolute atomic E-state index is 0.136. The number of ether oxygens (including phenoxy) is 6. The summed E-state index contributed by atoms with van der Waals surface area (Å²) >= 11 is 0. The van der Waals surface area contributed by atoms with Gasteiger partial charge in [-0.3, -0.25) is 0 Å². The molecule has 6 N–H and O–H groups in total. The van der Waals surface area contributed by atoms with E-state index in [-0.39, 0.29) is 41.5 Å². The Labute approximate surface area is 262 Å². The van der Waals surface area contributed by atoms with Crippen molar-refractivity contribution in [2.45, 2.75) is 133 Å². The summed E-state index contributed by atoms with van der Waals surface area (Å²) in [5.74, 6) is -0.120. The Morgan fingerprint density at radius 2 is 1.67 bits per heavy atom. The van der Waals surface area contributed by atoms with Crippen LogP contribution in [-0.2, 0) is 33.2 Å². The quantitative estimate of drug-likeness (QED) is 0.166. The fourth-order valence-electron chi connectivity index (χ4n) is 8.74. The van der Waals surface area contributed by atoms with Crippen molar-refractivity contribution in [3.05, 3.63) is 22.8 Å². The minimum Gasteiger partial charge on any atom is -0.458 e. The monoisotopic (exact) mass is 640 g/mol. The van der Waals surface area contributed by atoms with Gasteiger partial charge in [-0.15, -0.1) is 0 Å². The molecule has 4 aliphatic heterocycles. The molecule has 0 aromatic carbocycles. The van der Waals surface area contributed by atoms with Crippen molar-refractivity contribution in [3.63, 3.8) is 0 Å². The van der Waals surface area contributed by atoms with Gasteiger partial charge >= 0.3 is 5.97 Å². The zero-order valence-corrected chi connectivity index (χ0v) is 26.3. The Morgan fingerprint density at radius 1 is 0.911 bits per heavy atom. The van der Waals surface area contributed by atoms with Gasteiger partial charge in [-0.2, -0.15) is 0 Å². The highest BCUT2D eigenvalue weighted by Gasteiger charge is 2.58. The molecule has 0 radical (unpaired) electrons. The van der Waals surface area contributed by atoms with E-state index in [0.29, 0.717) is 19.4 Å². The van der Waals surface area contributed by atoms with Crippen LogP contribution >= 0.6 is 0 Å². The predicted molar refractivity (Wildman–Crippen MR) is 154 cm³/mol. The van der Waals surface area contributed by atoms with E-state index in [1.54, 1.807) is 6.08 Å². The number of aliphatic hydroxyl groups is 6. The van der Waals surface area contributed by atoms with Crippen LogP contribution in [0, 0.1) is 16.7 Å². The molecule has 0 unspecified atom stereocenters. The van der Waals surface area contributed by atoms with Gasteiger partial charge < -0.3 is 59.1 Å². The fourth-order valence-corrected chi connectivity index (χ4v) is 8.74. The molecule has 14 atom stereocenters. The summed E-state index contributed by atoms with van der Waals surface area (Å²) in [7, 11) is 0. The van der Waals surface area contributed by atoms with Gasteiger partial charge in [-0.05, 0) is 61.3 Å². The predicted octanol–water partition coefficient (Wildman–Crippen LogP) is -0.172. The molecule has 13 nitrogen and oxygen atoms in total. The van der Waals surface area contributed by atoms with Gasteiger partial charge in [0.05, 0.1) is 31.5 Å². The van der Waals surface area contributed by atoms with Gasteiger partial charge in [0.15, 0.2) is 12.6 Å². The summed E-state index contributed by atoms with van der Waals surface area (Å²) in [6.07, 6.45) is -8.74. The van der Waals surface area contributed by atoms with E-state index in [0.717, 1.165) is 24.8 Å². The minimum atomic E-state index is -1.64. The number of fused-ring (bicyclic) bond motifs is 2. The van der Waals surface area contributed by atoms with Gasteiger partial charge in [0.25, 0.3) is 0 Å². The molecule has 2 saturated heterocycles. The summed E-state index contributed by atoms with van der Waals surface area (Å²) in [5.41, 5.74) is 3.06. The highest BCUT2D eigenvalue weighted by Crippen LogP contribution is 2.62. The van der Waals surface area contributed by atoms with Crippen LogP contribution < -0.4 is 0 Å². The molecule has 254 valence electrons. The SMILES string of the molecule is C[C@@H]1O[C@@H](O[C@H]2[C@H](O[C@H]3CC[C@]4(C)C5=C(CC[C@H]4C3(C)C)CO[C@H](C3=CC(=O)OC3)C5)O[C@H](CO)[C@@H](O)[C@@H]2O)[C@H](O)[C@H](O)[C@H]1O. The fraction of sp³-hybridized carbons (Fsp3) is 0.844. The second-order valence-corrected chi connectivity index (χ2v) is 14.4. The Bertz CT molecular complexity index is 1190. The van der Waals surface area contributed by atoms with Gasteiger partial charge in [0, 0.05) is 11.6 Å². The van der Waals surface area contributed by atoms with Gasteiger partial charge in [0.1, 0.15) is 49.3 Å². The smallest absolute Gasteiger partial charge is 0.331 e. The van der Waals surface area contributed by atoms with Crippen LogP contribution in [0.4, 0.5) is 0 Å². The molecule has 4 heterocycles. The Morgan fingerprint density at radius 3 is 2.36 bits per heavy atom. The van der Waals surface area contributed by atoms with Crippen LogP contribution in [0.25, 0.3) is 0 Å². The maximum absolute atomic E-state index is 11.7. The molecule has 0 spiro atoms. The van der Waals surface area contributed by atoms with Crippen molar-refractivity contribution in [2.24, 2.45) is 16.7 Å². The number of carbonyl (C=O) groups excluding carboxylic acids is 1. The van der Waals surface area contributed by atoms with E-state index in [1.165, 1.54) is 18.1 Å². The lowest BCUT2D eigenvalue weighted by Crippen LogP contribution is -2.65. The third-order valence-corrected chi connectivity index (χ3v) is 11.4. The largest absolute Gasteiger partial charge is 0.458 e. The first-order valence-corrected chi connectivity index (χ1v) is 16.1. The lowest BCUT2D eigenvalue weighted by Gasteiger charge is -2.59. The molecule has 1 saturated carbocycles. The van der Waals surface area contributed by atoms with Crippen LogP contribution in [0.3, 0.4) is 0 Å². The first-order valence-electron chi connectivity index (χ1n) is 16.1. The lowest BCUT2D eigenvalue weighted by atomic mass is 9.48. The third kappa shape index (κ3) is 5.82. The molecule has 45 heavy (non-hydrogen) atoms. The number of rotatable bonds is 6. The first-order chi connectivity index (χ1) is 21.3. The van der Waals surface area contributed by atoms with Crippen molar-refractivity contribution in [1.82, 2.24) is 0 Å². The Hall–Kier alpha value is -1.49. The number of hydrogen-bond donors (Lipinski definition) is 6. The number of esters is 1. The highest BCUT2D eigenvalue weighted by molar-refractivity contribution is 5.85. The molecule has 0 amide bonds. The van der Waals surface area contributed by atoms with Crippen LogP contribution in [-0.4, -0.2) is 130 Å². The number of aliphatic hydroxyl groups excluding tert-OH is 6. The van der Waals surface area contributed by atoms with Crippen molar-refractivity contribution in [3.8, 4) is 0 Å². The Balaban J connectivity index is 1.21. The van der Waals surface area contributed by atoms with Crippen LogP contribution in [0.1, 0.15) is 59.8 Å². The van der Waals surface area contributed by atoms with Crippen LogP contribution in [0.2, 0.25) is 0 Å². The molecule has 0 aromatic heterocycles. The molecule has 0 bridgehead atoms. The summed E-state index contributed by atoms with van der Waals surface area (Å²) < 4.78 is 35.5. The molecule has 13 heteroatoms. The second kappa shape index (κ2) is 12.5. The topological polar surface area (TPSA) is 194 Å². The average Bonchev–Trinajstić information content (AvgIpc) is 3.45. The molecule has 2 aliphatic carbocycles. The van der Waals surface area contributed by atoms with E-state index >= 15 is 0 Å². The molecular formula is C32H48O13. The van der Waals surface area contributed by atoms with Crippen molar-refractivity contribution in [1.29, 1.82) is 0 Å². The zero-order valence-electron chi connectivity index (χ0n) is 26.3. The molecule has 6 aliphatic rings. The standard InChI is InChI=1S/C32H48O13/c1-14-23(35)25(37)27(39)29(42-14)45-28-26(38)24(36)19(11-33)43-30(28)44-21-7-8-32(4)17-10-18(16-9-22(34)41-13-16)40-12-15(17)5-6-20(32)31(21,2)3/h9,14,18-21,23-30,33,35-39H,5-8,10-13H2,1-4H3/t14-,18-,19+,20-,21-,23-,24+,25+,26-,27+,28+,29-,30-,32+/m0/s1. The van der Waals surface area contributed by atoms with E-state index in [4.69, 9.17) is 28.4 Å². The zero-order chi connectivity index (χ0) is 32.4. The summed E-state index contributed by atoms with van der Waals surface area (Å²) in [6, 6.07) is 0. The van der Waals surface area contributed by atoms with Gasteiger partial charge in [-0.1, -0.05) is 26.3 Å². The van der Waals surface area contributed by atoms with Crippen LogP contribution in [0.5, 0.6) is 0 Å². The highest BCUT2D eigenvalue weighted by atomic mass is 16.8. The van der Waals surface area contributed by atoms with E-state index in [9.17, 15) is 35.4 Å². The van der Waals surface area contributed by atoms with Crippen molar-refractivity contribution >= 4 is 5.97 Å². The molecular weight excluding hydrogens is 592 g/mol. The van der Waals surface area contributed by atoms with E-state index < -0.39 is 68.0 Å². The summed E-state index contributed by atoms with van der Waals surface area (Å²) in [5, 5.41) is 62.7.